The second kappa shape index (κ2) is 12.6. The first-order valence-electron chi connectivity index (χ1n) is 16.6. The van der Waals surface area contributed by atoms with E-state index in [0.717, 1.165) is 72.5 Å². The molecule has 4 heterocycles. The zero-order chi connectivity index (χ0) is 32.7. The average molecular weight is 625 g/mol. The highest BCUT2D eigenvalue weighted by atomic mass is 16.2. The zero-order valence-electron chi connectivity index (χ0n) is 27.4. The van der Waals surface area contributed by atoms with E-state index in [1.807, 2.05) is 62.0 Å². The van der Waals surface area contributed by atoms with Crippen molar-refractivity contribution in [2.24, 2.45) is 29.0 Å². The summed E-state index contributed by atoms with van der Waals surface area (Å²) in [5.74, 6) is 1.03. The van der Waals surface area contributed by atoms with Crippen molar-refractivity contribution < 1.29 is 9.59 Å². The van der Waals surface area contributed by atoms with Crippen LogP contribution in [0, 0.1) is 11.8 Å². The molecule has 46 heavy (non-hydrogen) atoms. The SMILES string of the molecule is CC(C)[C@H](N)C(=O)N1CCCC1c1ncc(-c2ccc(-c3ccc(/C(N)=C/N4CC45CCCN5C(=O)[C@@H](N)C(C)C)cc3)cc2)[nH]1. The van der Waals surface area contributed by atoms with Crippen LogP contribution in [0.1, 0.15) is 70.8 Å². The Hall–Kier alpha value is -4.15. The van der Waals surface area contributed by atoms with Crippen LogP contribution >= 0.6 is 0 Å². The summed E-state index contributed by atoms with van der Waals surface area (Å²) >= 11 is 0. The lowest BCUT2D eigenvalue weighted by molar-refractivity contribution is -0.136. The van der Waals surface area contributed by atoms with E-state index in [9.17, 15) is 9.59 Å². The average Bonchev–Trinajstić information content (AvgIpc) is 3.51. The molecule has 3 aliphatic rings. The second-order valence-corrected chi connectivity index (χ2v) is 13.9. The summed E-state index contributed by atoms with van der Waals surface area (Å²) in [5.41, 5.74) is 24.4. The maximum atomic E-state index is 13.0. The Bertz CT molecular complexity index is 1590. The summed E-state index contributed by atoms with van der Waals surface area (Å²) in [6.45, 7) is 10.2. The highest BCUT2D eigenvalue weighted by Gasteiger charge is 2.59. The molecule has 1 aromatic heterocycles. The maximum Gasteiger partial charge on any atom is 0.241 e. The first-order chi connectivity index (χ1) is 22.0. The van der Waals surface area contributed by atoms with Gasteiger partial charge in [0.25, 0.3) is 0 Å². The quantitative estimate of drug-likeness (QED) is 0.260. The van der Waals surface area contributed by atoms with Crippen LogP contribution in [-0.2, 0) is 9.59 Å². The van der Waals surface area contributed by atoms with Crippen molar-refractivity contribution in [3.05, 3.63) is 72.3 Å². The predicted octanol–water partition coefficient (Wildman–Crippen LogP) is 4.27. The van der Waals surface area contributed by atoms with Gasteiger partial charge < -0.3 is 36.9 Å². The van der Waals surface area contributed by atoms with Gasteiger partial charge in [-0.05, 0) is 59.8 Å². The number of amides is 2. The third kappa shape index (κ3) is 5.91. The van der Waals surface area contributed by atoms with Crippen LogP contribution in [0.4, 0.5) is 0 Å². The Kier molecular flexibility index (Phi) is 8.69. The molecule has 3 saturated heterocycles. The van der Waals surface area contributed by atoms with Crippen molar-refractivity contribution >= 4 is 17.5 Å². The predicted molar refractivity (Wildman–Crippen MR) is 181 cm³/mol. The molecule has 10 heteroatoms. The van der Waals surface area contributed by atoms with Gasteiger partial charge in [0, 0.05) is 19.3 Å². The van der Waals surface area contributed by atoms with E-state index in [1.54, 1.807) is 0 Å². The molecule has 2 aromatic carbocycles. The van der Waals surface area contributed by atoms with Crippen LogP contribution in [-0.4, -0.2) is 73.9 Å². The molecule has 0 saturated carbocycles. The molecule has 2 amide bonds. The first kappa shape index (κ1) is 31.8. The summed E-state index contributed by atoms with van der Waals surface area (Å²) < 4.78 is 0. The number of nitrogens with zero attached hydrogens (tertiary/aromatic N) is 4. The number of hydrogen-bond donors (Lipinski definition) is 4. The number of aromatic nitrogens is 2. The Morgan fingerprint density at radius 2 is 1.50 bits per heavy atom. The van der Waals surface area contributed by atoms with E-state index in [1.165, 1.54) is 0 Å². The number of imidazole rings is 1. The van der Waals surface area contributed by atoms with Crippen LogP contribution in [0.3, 0.4) is 0 Å². The van der Waals surface area contributed by atoms with Gasteiger partial charge in [0.2, 0.25) is 11.8 Å². The van der Waals surface area contributed by atoms with Gasteiger partial charge in [0.15, 0.2) is 0 Å². The summed E-state index contributed by atoms with van der Waals surface area (Å²) in [4.78, 5) is 40.2. The van der Waals surface area contributed by atoms with Gasteiger partial charge >= 0.3 is 0 Å². The van der Waals surface area contributed by atoms with Crippen molar-refractivity contribution in [3.63, 3.8) is 0 Å². The smallest absolute Gasteiger partial charge is 0.241 e. The summed E-state index contributed by atoms with van der Waals surface area (Å²) in [5, 5.41) is 0. The minimum absolute atomic E-state index is 0.00344. The number of rotatable bonds is 9. The van der Waals surface area contributed by atoms with E-state index in [2.05, 4.69) is 51.3 Å². The molecule has 3 fully saturated rings. The highest BCUT2D eigenvalue weighted by molar-refractivity contribution is 5.84. The van der Waals surface area contributed by atoms with Crippen molar-refractivity contribution in [1.29, 1.82) is 0 Å². The van der Waals surface area contributed by atoms with Crippen molar-refractivity contribution in [2.75, 3.05) is 19.6 Å². The number of benzene rings is 2. The number of hydrogen-bond acceptors (Lipinski definition) is 7. The number of carbonyl (C=O) groups excluding carboxylic acids is 2. The number of carbonyl (C=O) groups is 2. The van der Waals surface area contributed by atoms with Crippen molar-refractivity contribution in [2.45, 2.75) is 77.2 Å². The summed E-state index contributed by atoms with van der Waals surface area (Å²) in [7, 11) is 0. The highest BCUT2D eigenvalue weighted by Crippen LogP contribution is 2.46. The standard InChI is InChI=1S/C36H48N8O2/c1-22(2)31(38)34(45)43-17-5-7-30(43)33-40-19-29(41-33)27-14-10-25(11-15-27)24-8-12-26(13-9-24)28(37)20-42-21-36(42)16-6-18-44(36)35(46)32(39)23(3)4/h8-15,19-20,22-23,30-32H,5-7,16-18,21,37-39H2,1-4H3,(H,40,41)/b28-20-/t30?,31-,32-,36?,42?/m0/s1. The monoisotopic (exact) mass is 624 g/mol. The Labute approximate surface area is 272 Å². The molecular weight excluding hydrogens is 576 g/mol. The molecule has 0 bridgehead atoms. The molecule has 3 aromatic rings. The maximum absolute atomic E-state index is 13.0. The third-order valence-electron chi connectivity index (χ3n) is 10.1. The first-order valence-corrected chi connectivity index (χ1v) is 16.6. The molecule has 7 N–H and O–H groups in total. The van der Waals surface area contributed by atoms with Gasteiger partial charge in [-0.2, -0.15) is 0 Å². The molecule has 244 valence electrons. The Morgan fingerprint density at radius 3 is 2.15 bits per heavy atom. The van der Waals surface area contributed by atoms with Gasteiger partial charge in [-0.25, -0.2) is 4.98 Å². The van der Waals surface area contributed by atoms with Crippen molar-refractivity contribution in [1.82, 2.24) is 24.7 Å². The molecule has 0 aliphatic carbocycles. The van der Waals surface area contributed by atoms with Gasteiger partial charge in [0.05, 0.1) is 42.3 Å². The van der Waals surface area contributed by atoms with E-state index in [-0.39, 0.29) is 35.4 Å². The number of aromatic amines is 1. The molecule has 3 aliphatic heterocycles. The van der Waals surface area contributed by atoms with Gasteiger partial charge in [-0.15, -0.1) is 0 Å². The van der Waals surface area contributed by atoms with Crippen molar-refractivity contribution in [3.8, 4) is 22.4 Å². The zero-order valence-corrected chi connectivity index (χ0v) is 27.4. The van der Waals surface area contributed by atoms with Crippen LogP contribution in [0.5, 0.6) is 0 Å². The number of nitrogens with two attached hydrogens (primary N) is 3. The largest absolute Gasteiger partial charge is 0.397 e. The molecule has 4 atom stereocenters. The Balaban J connectivity index is 1.10. The molecule has 10 nitrogen and oxygen atoms in total. The lowest BCUT2D eigenvalue weighted by atomic mass is 10.0. The normalized spacial score (nSPS) is 22.7. The fourth-order valence-electron chi connectivity index (χ4n) is 6.89. The van der Waals surface area contributed by atoms with Gasteiger partial charge in [-0.1, -0.05) is 76.2 Å². The van der Waals surface area contributed by atoms with E-state index >= 15 is 0 Å². The summed E-state index contributed by atoms with van der Waals surface area (Å²) in [6, 6.07) is 15.6. The lowest BCUT2D eigenvalue weighted by Gasteiger charge is -2.29. The van der Waals surface area contributed by atoms with E-state index in [4.69, 9.17) is 17.2 Å². The second-order valence-electron chi connectivity index (χ2n) is 13.9. The fraction of sp³-hybridized carbons (Fsp3) is 0.472. The van der Waals surface area contributed by atoms with Crippen LogP contribution in [0.15, 0.2) is 60.9 Å². The van der Waals surface area contributed by atoms with Crippen LogP contribution in [0.25, 0.3) is 28.1 Å². The molecule has 0 radical (unpaired) electrons. The number of likely N-dealkylation sites (tertiary alicyclic amines) is 2. The minimum atomic E-state index is -0.499. The topological polar surface area (TPSA) is 150 Å². The van der Waals surface area contributed by atoms with E-state index < -0.39 is 12.1 Å². The Morgan fingerprint density at radius 1 is 0.891 bits per heavy atom. The lowest BCUT2D eigenvalue weighted by Crippen LogP contribution is -2.50. The van der Waals surface area contributed by atoms with Gasteiger partial charge in [-0.3, -0.25) is 9.59 Å². The van der Waals surface area contributed by atoms with Gasteiger partial charge in [0.1, 0.15) is 11.5 Å². The molecule has 2 unspecified atom stereocenters. The number of H-pyrrole nitrogens is 1. The van der Waals surface area contributed by atoms with Crippen LogP contribution in [0.2, 0.25) is 0 Å². The molecule has 1 spiro atoms. The summed E-state index contributed by atoms with van der Waals surface area (Å²) in [6.07, 6.45) is 7.56. The number of nitrogens with one attached hydrogen (secondary N) is 1. The molecular formula is C36H48N8O2. The van der Waals surface area contributed by atoms with Crippen LogP contribution < -0.4 is 17.2 Å². The third-order valence-corrected chi connectivity index (χ3v) is 10.1. The minimum Gasteiger partial charge on any atom is -0.397 e. The molecule has 6 rings (SSSR count). The fourth-order valence-corrected chi connectivity index (χ4v) is 6.89. The van der Waals surface area contributed by atoms with E-state index in [0.29, 0.717) is 12.2 Å².